The number of hydrogen-bond acceptors (Lipinski definition) is 4. The number of imidazole rings is 1. The number of hydrogen-bond donors (Lipinski definition) is 1. The van der Waals surface area contributed by atoms with Gasteiger partial charge in [-0.15, -0.1) is 0 Å². The van der Waals surface area contributed by atoms with E-state index in [-0.39, 0.29) is 16.9 Å². The van der Waals surface area contributed by atoms with Crippen LogP contribution in [0.15, 0.2) is 77.7 Å². The van der Waals surface area contributed by atoms with Gasteiger partial charge in [0.25, 0.3) is 5.91 Å². The molecular weight excluding hydrogens is 510 g/mol. The number of amides is 1. The minimum atomic E-state index is -0.185. The lowest BCUT2D eigenvalue weighted by Crippen LogP contribution is -2.49. The molecule has 7 nitrogen and oxygen atoms in total. The highest BCUT2D eigenvalue weighted by molar-refractivity contribution is 5.94. The van der Waals surface area contributed by atoms with Crippen molar-refractivity contribution in [3.8, 4) is 0 Å². The molecule has 0 aliphatic carbocycles. The highest BCUT2D eigenvalue weighted by Crippen LogP contribution is 2.45. The zero-order valence-corrected chi connectivity index (χ0v) is 23.8. The van der Waals surface area contributed by atoms with E-state index in [1.807, 2.05) is 4.90 Å². The van der Waals surface area contributed by atoms with E-state index in [0.29, 0.717) is 23.7 Å². The molecule has 1 N–H and O–H groups in total. The minimum Gasteiger partial charge on any atom is -0.339 e. The molecule has 3 aliphatic rings. The first kappa shape index (κ1) is 26.2. The molecule has 2 aromatic carbocycles. The molecule has 3 atom stereocenters. The van der Waals surface area contributed by atoms with Gasteiger partial charge in [-0.25, -0.2) is 4.98 Å². The van der Waals surface area contributed by atoms with Crippen molar-refractivity contribution in [3.63, 3.8) is 0 Å². The van der Waals surface area contributed by atoms with Crippen LogP contribution in [0.25, 0.3) is 11.0 Å². The quantitative estimate of drug-likeness (QED) is 0.346. The van der Waals surface area contributed by atoms with E-state index in [2.05, 4.69) is 76.0 Å². The van der Waals surface area contributed by atoms with Crippen molar-refractivity contribution in [1.29, 1.82) is 0 Å². The van der Waals surface area contributed by atoms with Gasteiger partial charge in [0, 0.05) is 43.5 Å². The Morgan fingerprint density at radius 2 is 1.63 bits per heavy atom. The number of nitrogens with zero attached hydrogens (tertiary/aromatic N) is 4. The van der Waals surface area contributed by atoms with Gasteiger partial charge in [-0.2, -0.15) is 0 Å². The summed E-state index contributed by atoms with van der Waals surface area (Å²) in [6.45, 7) is 4.73. The SMILES string of the molecule is Cc1nc2ccccc2n1C1C[C@H]2CC[C@@H](C1)N2CCC1(c2ccccc2)CCN(C(=O)c2ccc(=O)[nH]c2)CC1. The number of aromatic nitrogens is 3. The van der Waals surface area contributed by atoms with Crippen molar-refractivity contribution >= 4 is 16.9 Å². The van der Waals surface area contributed by atoms with Crippen LogP contribution < -0.4 is 5.56 Å². The van der Waals surface area contributed by atoms with E-state index in [1.54, 1.807) is 6.07 Å². The molecule has 7 heteroatoms. The topological polar surface area (TPSA) is 74.2 Å². The van der Waals surface area contributed by atoms with Crippen LogP contribution in [0.1, 0.15) is 72.7 Å². The van der Waals surface area contributed by atoms with Gasteiger partial charge in [0.2, 0.25) is 5.56 Å². The first-order valence-corrected chi connectivity index (χ1v) is 15.2. The highest BCUT2D eigenvalue weighted by atomic mass is 16.2. The number of likely N-dealkylation sites (tertiary alicyclic amines) is 1. The second kappa shape index (κ2) is 10.6. The second-order valence-corrected chi connectivity index (χ2v) is 12.4. The first-order valence-electron chi connectivity index (χ1n) is 15.2. The zero-order chi connectivity index (χ0) is 28.0. The molecule has 4 aromatic rings. The number of pyridine rings is 1. The standard InChI is InChI=1S/C34H39N5O2/c1-24-36-30-9-5-6-10-31(30)39(24)29-21-27-12-13-28(22-29)38(27)20-17-34(26-7-3-2-4-8-26)15-18-37(19-16-34)33(41)25-11-14-32(40)35-23-25/h2-11,14,23,27-29H,12-13,15-22H2,1H3,(H,35,40)/t27-,28+,29?. The smallest absolute Gasteiger partial charge is 0.255 e. The lowest BCUT2D eigenvalue weighted by atomic mass is 9.70. The van der Waals surface area contributed by atoms with E-state index in [9.17, 15) is 9.59 Å². The summed E-state index contributed by atoms with van der Waals surface area (Å²) < 4.78 is 2.51. The Hall–Kier alpha value is -3.71. The van der Waals surface area contributed by atoms with Gasteiger partial charge in [-0.05, 0) is 87.6 Å². The van der Waals surface area contributed by atoms with Crippen LogP contribution in [0, 0.1) is 6.92 Å². The van der Waals surface area contributed by atoms with E-state index in [1.165, 1.54) is 49.0 Å². The number of para-hydroxylation sites is 2. The summed E-state index contributed by atoms with van der Waals surface area (Å²) in [5.41, 5.74) is 4.21. The highest BCUT2D eigenvalue weighted by Gasteiger charge is 2.44. The maximum absolute atomic E-state index is 13.2. The Labute approximate surface area is 241 Å². The van der Waals surface area contributed by atoms with Crippen molar-refractivity contribution in [3.05, 3.63) is 100 Å². The normalized spacial score (nSPS) is 24.1. The molecule has 41 heavy (non-hydrogen) atoms. The maximum atomic E-state index is 13.2. The van der Waals surface area contributed by atoms with Gasteiger partial charge in [0.1, 0.15) is 5.82 Å². The van der Waals surface area contributed by atoms with E-state index >= 15 is 0 Å². The van der Waals surface area contributed by atoms with Crippen molar-refractivity contribution in [2.24, 2.45) is 0 Å². The minimum absolute atomic E-state index is 0.00495. The molecule has 3 aliphatic heterocycles. The average molecular weight is 550 g/mol. The maximum Gasteiger partial charge on any atom is 0.255 e. The van der Waals surface area contributed by atoms with Crippen LogP contribution in [0.4, 0.5) is 0 Å². The fourth-order valence-corrected chi connectivity index (χ4v) is 8.13. The fourth-order valence-electron chi connectivity index (χ4n) is 8.13. The van der Waals surface area contributed by atoms with Gasteiger partial charge in [0.15, 0.2) is 0 Å². The number of nitrogens with one attached hydrogen (secondary N) is 1. The molecule has 1 amide bonds. The lowest BCUT2D eigenvalue weighted by molar-refractivity contribution is 0.0606. The zero-order valence-electron chi connectivity index (χ0n) is 23.8. The lowest BCUT2D eigenvalue weighted by Gasteiger charge is -2.45. The molecular formula is C34H39N5O2. The van der Waals surface area contributed by atoms with Crippen LogP contribution in [0.3, 0.4) is 0 Å². The molecule has 3 saturated heterocycles. The second-order valence-electron chi connectivity index (χ2n) is 12.4. The predicted octanol–water partition coefficient (Wildman–Crippen LogP) is 5.47. The first-order chi connectivity index (χ1) is 20.0. The van der Waals surface area contributed by atoms with E-state index < -0.39 is 0 Å². The number of rotatable bonds is 6. The van der Waals surface area contributed by atoms with Gasteiger partial charge in [-0.1, -0.05) is 42.5 Å². The van der Waals surface area contributed by atoms with Gasteiger partial charge in [-0.3, -0.25) is 14.5 Å². The third-order valence-corrected chi connectivity index (χ3v) is 10.3. The van der Waals surface area contributed by atoms with Crippen LogP contribution >= 0.6 is 0 Å². The van der Waals surface area contributed by atoms with Crippen molar-refractivity contribution in [2.75, 3.05) is 19.6 Å². The molecule has 0 radical (unpaired) electrons. The Morgan fingerprint density at radius 3 is 2.34 bits per heavy atom. The van der Waals surface area contributed by atoms with Crippen LogP contribution in [0.2, 0.25) is 0 Å². The molecule has 0 spiro atoms. The van der Waals surface area contributed by atoms with Gasteiger partial charge < -0.3 is 14.5 Å². The Kier molecular flexibility index (Phi) is 6.78. The van der Waals surface area contributed by atoms with Crippen molar-refractivity contribution in [1.82, 2.24) is 24.3 Å². The van der Waals surface area contributed by atoms with E-state index in [0.717, 1.165) is 50.2 Å². The Balaban J connectivity index is 1.06. The summed E-state index contributed by atoms with van der Waals surface area (Å²) in [6, 6.07) is 24.4. The summed E-state index contributed by atoms with van der Waals surface area (Å²) >= 11 is 0. The molecule has 212 valence electrons. The van der Waals surface area contributed by atoms with E-state index in [4.69, 9.17) is 4.98 Å². The summed E-state index contributed by atoms with van der Waals surface area (Å²) in [5.74, 6) is 1.14. The Morgan fingerprint density at radius 1 is 0.927 bits per heavy atom. The fraction of sp³-hybridized carbons (Fsp3) is 0.441. The number of piperidine rings is 2. The summed E-state index contributed by atoms with van der Waals surface area (Å²) in [7, 11) is 0. The predicted molar refractivity (Wildman–Crippen MR) is 161 cm³/mol. The summed E-state index contributed by atoms with van der Waals surface area (Å²) in [5, 5.41) is 0. The third kappa shape index (κ3) is 4.80. The van der Waals surface area contributed by atoms with Crippen LogP contribution in [-0.2, 0) is 5.41 Å². The Bertz CT molecular complexity index is 1570. The third-order valence-electron chi connectivity index (χ3n) is 10.3. The van der Waals surface area contributed by atoms with Crippen molar-refractivity contribution in [2.45, 2.75) is 75.4 Å². The summed E-state index contributed by atoms with van der Waals surface area (Å²) in [4.78, 5) is 36.9. The number of aromatic amines is 1. The number of aryl methyl sites for hydroxylation is 1. The molecule has 0 saturated carbocycles. The van der Waals surface area contributed by atoms with Crippen LogP contribution in [0.5, 0.6) is 0 Å². The molecule has 2 bridgehead atoms. The monoisotopic (exact) mass is 549 g/mol. The number of carbonyl (C=O) groups excluding carboxylic acids is 1. The summed E-state index contributed by atoms with van der Waals surface area (Å²) in [6.07, 6.45) is 9.52. The molecule has 3 fully saturated rings. The molecule has 5 heterocycles. The average Bonchev–Trinajstić information content (AvgIpc) is 3.47. The number of fused-ring (bicyclic) bond motifs is 3. The molecule has 7 rings (SSSR count). The van der Waals surface area contributed by atoms with Crippen molar-refractivity contribution < 1.29 is 4.79 Å². The molecule has 2 aromatic heterocycles. The number of carbonyl (C=O) groups is 1. The van der Waals surface area contributed by atoms with Gasteiger partial charge >= 0.3 is 0 Å². The number of H-pyrrole nitrogens is 1. The number of benzene rings is 2. The largest absolute Gasteiger partial charge is 0.339 e. The molecule has 1 unspecified atom stereocenters. The van der Waals surface area contributed by atoms with Gasteiger partial charge in [0.05, 0.1) is 16.6 Å². The van der Waals surface area contributed by atoms with Crippen LogP contribution in [-0.4, -0.2) is 62.0 Å².